The van der Waals surface area contributed by atoms with E-state index in [1.807, 2.05) is 18.2 Å². The van der Waals surface area contributed by atoms with E-state index < -0.39 is 5.82 Å². The van der Waals surface area contributed by atoms with Gasteiger partial charge in [0, 0.05) is 11.3 Å². The van der Waals surface area contributed by atoms with Crippen LogP contribution >= 0.6 is 0 Å². The fourth-order valence-corrected chi connectivity index (χ4v) is 2.65. The molecule has 0 unspecified atom stereocenters. The number of allylic oxidation sites excluding steroid dienone is 1. The number of ether oxygens (including phenoxy) is 2. The highest BCUT2D eigenvalue weighted by Crippen LogP contribution is 2.28. The number of amides is 1. The number of hydrogen-bond acceptors (Lipinski definition) is 4. The van der Waals surface area contributed by atoms with E-state index in [1.54, 1.807) is 36.4 Å². The van der Waals surface area contributed by atoms with Crippen molar-refractivity contribution in [3.05, 3.63) is 95.8 Å². The Morgan fingerprint density at radius 3 is 2.40 bits per heavy atom. The quantitative estimate of drug-likeness (QED) is 0.434. The number of methoxy groups -OCH3 is 1. The van der Waals surface area contributed by atoms with Gasteiger partial charge in [-0.1, -0.05) is 30.3 Å². The molecule has 6 heteroatoms. The first kappa shape index (κ1) is 20.8. The standard InChI is InChI=1S/C24H20FNO4/c1-29-23-15-17(7-13-21(27)18-9-11-19(25)12-10-18)8-14-22(23)30-16-24(28)26-20-5-3-2-4-6-20/h2-15H,16H2,1H3,(H,26,28)/b13-7+. The van der Waals surface area contributed by atoms with E-state index in [9.17, 15) is 14.0 Å². The zero-order valence-corrected chi connectivity index (χ0v) is 16.3. The van der Waals surface area contributed by atoms with Gasteiger partial charge >= 0.3 is 0 Å². The van der Waals surface area contributed by atoms with Gasteiger partial charge in [-0.05, 0) is 60.2 Å². The highest BCUT2D eigenvalue weighted by Gasteiger charge is 2.09. The number of ketones is 1. The molecule has 1 N–H and O–H groups in total. The maximum absolute atomic E-state index is 13.0. The van der Waals surface area contributed by atoms with Crippen LogP contribution in [0.4, 0.5) is 10.1 Å². The van der Waals surface area contributed by atoms with Crippen LogP contribution in [-0.2, 0) is 4.79 Å². The third-order valence-electron chi connectivity index (χ3n) is 4.16. The monoisotopic (exact) mass is 405 g/mol. The fraction of sp³-hybridized carbons (Fsp3) is 0.0833. The second-order valence-electron chi connectivity index (χ2n) is 6.32. The van der Waals surface area contributed by atoms with E-state index in [2.05, 4.69) is 5.32 Å². The molecule has 0 aliphatic rings. The molecule has 3 rings (SSSR count). The predicted molar refractivity (Wildman–Crippen MR) is 113 cm³/mol. The number of halogens is 1. The second-order valence-corrected chi connectivity index (χ2v) is 6.32. The number of nitrogens with one attached hydrogen (secondary N) is 1. The van der Waals surface area contributed by atoms with E-state index in [-0.39, 0.29) is 18.3 Å². The minimum Gasteiger partial charge on any atom is -0.493 e. The van der Waals surface area contributed by atoms with Crippen LogP contribution < -0.4 is 14.8 Å². The van der Waals surface area contributed by atoms with E-state index in [0.717, 1.165) is 0 Å². The molecule has 0 fully saturated rings. The minimum absolute atomic E-state index is 0.177. The first-order chi connectivity index (χ1) is 14.5. The van der Waals surface area contributed by atoms with Crippen LogP contribution in [-0.4, -0.2) is 25.4 Å². The van der Waals surface area contributed by atoms with Crippen molar-refractivity contribution >= 4 is 23.5 Å². The fourth-order valence-electron chi connectivity index (χ4n) is 2.65. The molecule has 0 saturated carbocycles. The third kappa shape index (κ3) is 5.78. The summed E-state index contributed by atoms with van der Waals surface area (Å²) in [5.41, 5.74) is 1.79. The van der Waals surface area contributed by atoms with Crippen LogP contribution in [0.25, 0.3) is 6.08 Å². The first-order valence-electron chi connectivity index (χ1n) is 9.19. The normalized spacial score (nSPS) is 10.6. The Balaban J connectivity index is 1.62. The Morgan fingerprint density at radius 2 is 1.70 bits per heavy atom. The number of para-hydroxylation sites is 1. The lowest BCUT2D eigenvalue weighted by Gasteiger charge is -2.11. The molecule has 3 aromatic rings. The Bertz CT molecular complexity index is 1050. The summed E-state index contributed by atoms with van der Waals surface area (Å²) in [4.78, 5) is 24.2. The molecule has 0 aliphatic heterocycles. The molecule has 0 bridgehead atoms. The molecule has 0 saturated heterocycles. The highest BCUT2D eigenvalue weighted by atomic mass is 19.1. The van der Waals surface area contributed by atoms with Gasteiger partial charge in [0.15, 0.2) is 23.9 Å². The van der Waals surface area contributed by atoms with E-state index >= 15 is 0 Å². The second kappa shape index (κ2) is 10.0. The van der Waals surface area contributed by atoms with E-state index in [1.165, 1.54) is 37.5 Å². The Hall–Kier alpha value is -3.93. The van der Waals surface area contributed by atoms with Crippen molar-refractivity contribution in [3.63, 3.8) is 0 Å². The summed E-state index contributed by atoms with van der Waals surface area (Å²) in [6, 6.07) is 19.5. The minimum atomic E-state index is -0.395. The zero-order chi connectivity index (χ0) is 21.3. The predicted octanol–water partition coefficient (Wildman–Crippen LogP) is 4.75. The van der Waals surface area contributed by atoms with Crippen LogP contribution in [0.5, 0.6) is 11.5 Å². The van der Waals surface area contributed by atoms with Gasteiger partial charge in [-0.3, -0.25) is 9.59 Å². The first-order valence-corrected chi connectivity index (χ1v) is 9.19. The lowest BCUT2D eigenvalue weighted by Crippen LogP contribution is -2.20. The van der Waals surface area contributed by atoms with Crippen LogP contribution in [0.1, 0.15) is 15.9 Å². The summed E-state index contributed by atoms with van der Waals surface area (Å²) < 4.78 is 23.8. The van der Waals surface area contributed by atoms with Gasteiger partial charge in [-0.25, -0.2) is 4.39 Å². The third-order valence-corrected chi connectivity index (χ3v) is 4.16. The highest BCUT2D eigenvalue weighted by molar-refractivity contribution is 6.06. The van der Waals surface area contributed by atoms with Gasteiger partial charge in [-0.2, -0.15) is 0 Å². The Kier molecular flexibility index (Phi) is 6.95. The van der Waals surface area contributed by atoms with Crippen LogP contribution in [0.2, 0.25) is 0 Å². The molecule has 0 spiro atoms. The van der Waals surface area contributed by atoms with Crippen LogP contribution in [0.15, 0.2) is 78.9 Å². The van der Waals surface area contributed by atoms with Gasteiger partial charge < -0.3 is 14.8 Å². The molecule has 0 aliphatic carbocycles. The molecule has 152 valence electrons. The maximum atomic E-state index is 13.0. The Morgan fingerprint density at radius 1 is 0.967 bits per heavy atom. The smallest absolute Gasteiger partial charge is 0.262 e. The summed E-state index contributed by atoms with van der Waals surface area (Å²) in [5.74, 6) is -0.0982. The molecule has 0 aromatic heterocycles. The van der Waals surface area contributed by atoms with Crippen molar-refractivity contribution in [2.45, 2.75) is 0 Å². The Labute approximate surface area is 173 Å². The lowest BCUT2D eigenvalue weighted by atomic mass is 10.1. The van der Waals surface area contributed by atoms with Gasteiger partial charge in [-0.15, -0.1) is 0 Å². The molecule has 30 heavy (non-hydrogen) atoms. The van der Waals surface area contributed by atoms with Crippen molar-refractivity contribution in [3.8, 4) is 11.5 Å². The molecular formula is C24H20FNO4. The molecule has 0 radical (unpaired) electrons. The van der Waals surface area contributed by atoms with Crippen molar-refractivity contribution in [2.24, 2.45) is 0 Å². The topological polar surface area (TPSA) is 64.6 Å². The molecule has 1 amide bonds. The maximum Gasteiger partial charge on any atom is 0.262 e. The summed E-state index contributed by atoms with van der Waals surface area (Å²) >= 11 is 0. The van der Waals surface area contributed by atoms with Gasteiger partial charge in [0.2, 0.25) is 0 Å². The lowest BCUT2D eigenvalue weighted by molar-refractivity contribution is -0.118. The van der Waals surface area contributed by atoms with Crippen molar-refractivity contribution in [1.82, 2.24) is 0 Å². The average molecular weight is 405 g/mol. The number of benzene rings is 3. The molecule has 3 aromatic carbocycles. The largest absolute Gasteiger partial charge is 0.493 e. The van der Waals surface area contributed by atoms with Gasteiger partial charge in [0.25, 0.3) is 5.91 Å². The molecule has 0 heterocycles. The van der Waals surface area contributed by atoms with Gasteiger partial charge in [0.05, 0.1) is 7.11 Å². The van der Waals surface area contributed by atoms with Gasteiger partial charge in [0.1, 0.15) is 5.82 Å². The number of carbonyl (C=O) groups is 2. The zero-order valence-electron chi connectivity index (χ0n) is 16.3. The number of carbonyl (C=O) groups excluding carboxylic acids is 2. The van der Waals surface area contributed by atoms with Crippen molar-refractivity contribution < 1.29 is 23.5 Å². The summed E-state index contributed by atoms with van der Waals surface area (Å²) in [6.07, 6.45) is 3.02. The summed E-state index contributed by atoms with van der Waals surface area (Å²) in [7, 11) is 1.49. The van der Waals surface area contributed by atoms with Crippen LogP contribution in [0, 0.1) is 5.82 Å². The van der Waals surface area contributed by atoms with E-state index in [0.29, 0.717) is 28.3 Å². The molecular weight excluding hydrogens is 385 g/mol. The number of rotatable bonds is 8. The van der Waals surface area contributed by atoms with E-state index in [4.69, 9.17) is 9.47 Å². The van der Waals surface area contributed by atoms with Crippen molar-refractivity contribution in [2.75, 3.05) is 19.0 Å². The number of hydrogen-bond donors (Lipinski definition) is 1. The number of anilines is 1. The molecule has 0 atom stereocenters. The average Bonchev–Trinajstić information content (AvgIpc) is 2.77. The van der Waals surface area contributed by atoms with Crippen LogP contribution in [0.3, 0.4) is 0 Å². The van der Waals surface area contributed by atoms with Crippen molar-refractivity contribution in [1.29, 1.82) is 0 Å². The summed E-state index contributed by atoms with van der Waals surface area (Å²) in [6.45, 7) is -0.177. The molecule has 5 nitrogen and oxygen atoms in total. The summed E-state index contributed by atoms with van der Waals surface area (Å²) in [5, 5.41) is 2.74. The SMILES string of the molecule is COc1cc(/C=C/C(=O)c2ccc(F)cc2)ccc1OCC(=O)Nc1ccccc1.